The van der Waals surface area contributed by atoms with Gasteiger partial charge in [0.2, 0.25) is 0 Å². The molecule has 0 radical (unpaired) electrons. The lowest BCUT2D eigenvalue weighted by molar-refractivity contribution is -0.136. The average Bonchev–Trinajstić information content (AvgIpc) is 2.56. The van der Waals surface area contributed by atoms with E-state index >= 15 is 0 Å². The minimum Gasteiger partial charge on any atom is -0.481 e. The van der Waals surface area contributed by atoms with Crippen LogP contribution >= 0.6 is 0 Å². The average molecular weight is 331 g/mol. The smallest absolute Gasteiger partial charge is 0.303 e. The lowest BCUT2D eigenvalue weighted by atomic mass is 10.2. The van der Waals surface area contributed by atoms with Crippen molar-refractivity contribution >= 4 is 5.97 Å². The van der Waals surface area contributed by atoms with E-state index in [9.17, 15) is 4.79 Å². The number of carboxylic acids is 1. The standard InChI is InChI=1S/C22H34O2/c1-2-3-4-5-6-7-8-9-10-11-12-13-14-15-16-17-18-19-20-21-22(23)24/h5-6,8-9,11-12,15-16,18-19H,2-4,7,10,13-14,17,20-21H2,1H3,(H,23,24)/b6-5-,9-8-,12-11-,16-15-,19-18-. The van der Waals surface area contributed by atoms with Crippen LogP contribution in [0.5, 0.6) is 0 Å². The number of aliphatic carboxylic acids is 1. The van der Waals surface area contributed by atoms with Gasteiger partial charge in [0.25, 0.3) is 0 Å². The molecule has 0 aliphatic heterocycles. The molecule has 0 aromatic rings. The summed E-state index contributed by atoms with van der Waals surface area (Å²) in [4.78, 5) is 10.3. The number of rotatable bonds is 15. The molecule has 0 aliphatic rings. The zero-order valence-electron chi connectivity index (χ0n) is 15.2. The number of carbonyl (C=O) groups is 1. The van der Waals surface area contributed by atoms with Crippen molar-refractivity contribution in [3.8, 4) is 0 Å². The molecule has 0 saturated carbocycles. The van der Waals surface area contributed by atoms with Gasteiger partial charge in [0.15, 0.2) is 0 Å². The quantitative estimate of drug-likeness (QED) is 0.265. The van der Waals surface area contributed by atoms with Crippen molar-refractivity contribution in [1.29, 1.82) is 0 Å². The van der Waals surface area contributed by atoms with Crippen LogP contribution in [0.3, 0.4) is 0 Å². The van der Waals surface area contributed by atoms with Crippen LogP contribution in [-0.2, 0) is 4.79 Å². The van der Waals surface area contributed by atoms with E-state index in [2.05, 4.69) is 55.5 Å². The Bertz CT molecular complexity index is 425. The topological polar surface area (TPSA) is 37.3 Å². The van der Waals surface area contributed by atoms with Gasteiger partial charge in [0, 0.05) is 6.42 Å². The predicted octanol–water partition coefficient (Wildman–Crippen LogP) is 6.77. The minimum atomic E-state index is -0.736. The maximum Gasteiger partial charge on any atom is 0.303 e. The van der Waals surface area contributed by atoms with Crippen LogP contribution in [0.1, 0.15) is 71.1 Å². The Morgan fingerprint density at radius 3 is 1.54 bits per heavy atom. The zero-order chi connectivity index (χ0) is 17.7. The van der Waals surface area contributed by atoms with Crippen LogP contribution in [-0.4, -0.2) is 11.1 Å². The first-order valence-electron chi connectivity index (χ1n) is 9.24. The second kappa shape index (κ2) is 19.2. The fourth-order valence-corrected chi connectivity index (χ4v) is 2.01. The summed E-state index contributed by atoms with van der Waals surface area (Å²) in [6, 6.07) is 0. The third-order valence-electron chi connectivity index (χ3n) is 3.40. The van der Waals surface area contributed by atoms with E-state index in [4.69, 9.17) is 5.11 Å². The Balaban J connectivity index is 3.44. The Morgan fingerprint density at radius 2 is 1.08 bits per heavy atom. The Morgan fingerprint density at radius 1 is 0.667 bits per heavy atom. The number of hydrogen-bond acceptors (Lipinski definition) is 1. The van der Waals surface area contributed by atoms with Gasteiger partial charge in [-0.25, -0.2) is 0 Å². The van der Waals surface area contributed by atoms with Crippen LogP contribution in [0.4, 0.5) is 0 Å². The van der Waals surface area contributed by atoms with Gasteiger partial charge in [-0.2, -0.15) is 0 Å². The predicted molar refractivity (Wildman–Crippen MR) is 105 cm³/mol. The van der Waals surface area contributed by atoms with Crippen molar-refractivity contribution in [1.82, 2.24) is 0 Å². The highest BCUT2D eigenvalue weighted by molar-refractivity contribution is 5.66. The van der Waals surface area contributed by atoms with Crippen molar-refractivity contribution in [2.24, 2.45) is 0 Å². The molecule has 0 rings (SSSR count). The molecule has 0 saturated heterocycles. The SMILES string of the molecule is CCCC/C=C\C/C=C\C/C=C\CC/C=C\C/C=C\CCC(=O)O. The first-order valence-corrected chi connectivity index (χ1v) is 9.24. The van der Waals surface area contributed by atoms with Crippen molar-refractivity contribution in [3.63, 3.8) is 0 Å². The van der Waals surface area contributed by atoms with Gasteiger partial charge in [0.1, 0.15) is 0 Å². The van der Waals surface area contributed by atoms with Crippen molar-refractivity contribution in [2.75, 3.05) is 0 Å². The highest BCUT2D eigenvalue weighted by Crippen LogP contribution is 2.00. The molecular weight excluding hydrogens is 296 g/mol. The van der Waals surface area contributed by atoms with Gasteiger partial charge in [-0.05, 0) is 44.9 Å². The van der Waals surface area contributed by atoms with Gasteiger partial charge >= 0.3 is 5.97 Å². The summed E-state index contributed by atoms with van der Waals surface area (Å²) in [7, 11) is 0. The molecule has 0 unspecified atom stereocenters. The Labute approximate surface area is 148 Å². The van der Waals surface area contributed by atoms with E-state index in [1.165, 1.54) is 19.3 Å². The molecule has 2 heteroatoms. The maximum atomic E-state index is 10.3. The summed E-state index contributed by atoms with van der Waals surface area (Å²) < 4.78 is 0. The molecular formula is C22H34O2. The van der Waals surface area contributed by atoms with E-state index in [0.29, 0.717) is 6.42 Å². The van der Waals surface area contributed by atoms with Crippen LogP contribution in [0, 0.1) is 0 Å². The molecule has 0 amide bonds. The molecule has 0 bridgehead atoms. The monoisotopic (exact) mass is 330 g/mol. The second-order valence-electron chi connectivity index (χ2n) is 5.72. The van der Waals surface area contributed by atoms with Crippen LogP contribution in [0.15, 0.2) is 60.8 Å². The van der Waals surface area contributed by atoms with Crippen molar-refractivity contribution in [3.05, 3.63) is 60.8 Å². The molecule has 134 valence electrons. The number of carboxylic acid groups (broad SMARTS) is 1. The van der Waals surface area contributed by atoms with Crippen molar-refractivity contribution in [2.45, 2.75) is 71.1 Å². The normalized spacial score (nSPS) is 12.7. The van der Waals surface area contributed by atoms with E-state index in [1.807, 2.05) is 12.2 Å². The lowest BCUT2D eigenvalue weighted by Crippen LogP contribution is -1.91. The maximum absolute atomic E-state index is 10.3. The van der Waals surface area contributed by atoms with E-state index in [-0.39, 0.29) is 6.42 Å². The summed E-state index contributed by atoms with van der Waals surface area (Å²) in [5, 5.41) is 8.50. The zero-order valence-corrected chi connectivity index (χ0v) is 15.2. The molecule has 2 nitrogen and oxygen atoms in total. The third-order valence-corrected chi connectivity index (χ3v) is 3.40. The molecule has 0 spiro atoms. The second-order valence-corrected chi connectivity index (χ2v) is 5.72. The molecule has 0 atom stereocenters. The fraction of sp³-hybridized carbons (Fsp3) is 0.500. The van der Waals surface area contributed by atoms with E-state index in [0.717, 1.165) is 32.1 Å². The molecule has 1 N–H and O–H groups in total. The number of hydrogen-bond donors (Lipinski definition) is 1. The summed E-state index contributed by atoms with van der Waals surface area (Å²) in [5.41, 5.74) is 0. The lowest BCUT2D eigenvalue weighted by Gasteiger charge is -1.89. The number of unbranched alkanes of at least 4 members (excludes halogenated alkanes) is 3. The van der Waals surface area contributed by atoms with Crippen LogP contribution in [0.2, 0.25) is 0 Å². The summed E-state index contributed by atoms with van der Waals surface area (Å²) in [5.74, 6) is -0.736. The van der Waals surface area contributed by atoms with E-state index < -0.39 is 5.97 Å². The van der Waals surface area contributed by atoms with Gasteiger partial charge < -0.3 is 5.11 Å². The van der Waals surface area contributed by atoms with Gasteiger partial charge in [0.05, 0.1) is 0 Å². The van der Waals surface area contributed by atoms with Crippen molar-refractivity contribution < 1.29 is 9.90 Å². The first kappa shape index (κ1) is 22.2. The first-order chi connectivity index (χ1) is 11.8. The molecule has 0 fully saturated rings. The molecule has 0 aromatic heterocycles. The van der Waals surface area contributed by atoms with Gasteiger partial charge in [-0.15, -0.1) is 0 Å². The molecule has 24 heavy (non-hydrogen) atoms. The fourth-order valence-electron chi connectivity index (χ4n) is 2.01. The molecule has 0 aromatic carbocycles. The highest BCUT2D eigenvalue weighted by Gasteiger charge is 1.90. The molecule has 0 aliphatic carbocycles. The Hall–Kier alpha value is -1.83. The summed E-state index contributed by atoms with van der Waals surface area (Å²) in [6.45, 7) is 2.22. The minimum absolute atomic E-state index is 0.217. The summed E-state index contributed by atoms with van der Waals surface area (Å²) in [6.07, 6.45) is 31.4. The van der Waals surface area contributed by atoms with Crippen LogP contribution < -0.4 is 0 Å². The Kier molecular flexibility index (Phi) is 17.8. The van der Waals surface area contributed by atoms with Gasteiger partial charge in [-0.1, -0.05) is 80.5 Å². The number of allylic oxidation sites excluding steroid dienone is 10. The van der Waals surface area contributed by atoms with Crippen LogP contribution in [0.25, 0.3) is 0 Å². The summed E-state index contributed by atoms with van der Waals surface area (Å²) >= 11 is 0. The highest BCUT2D eigenvalue weighted by atomic mass is 16.4. The third kappa shape index (κ3) is 20.2. The largest absolute Gasteiger partial charge is 0.481 e. The molecule has 0 heterocycles. The van der Waals surface area contributed by atoms with E-state index in [1.54, 1.807) is 0 Å². The van der Waals surface area contributed by atoms with Gasteiger partial charge in [-0.3, -0.25) is 4.79 Å².